The summed E-state index contributed by atoms with van der Waals surface area (Å²) in [5.41, 5.74) is 1.15. The molecule has 1 aliphatic heterocycles. The van der Waals surface area contributed by atoms with E-state index in [0.717, 1.165) is 44.6 Å². The maximum atomic E-state index is 11.6. The Morgan fingerprint density at radius 2 is 2.25 bits per heavy atom. The zero-order valence-electron chi connectivity index (χ0n) is 12.2. The van der Waals surface area contributed by atoms with Gasteiger partial charge in [0.1, 0.15) is 0 Å². The summed E-state index contributed by atoms with van der Waals surface area (Å²) in [6.07, 6.45) is 6.31. The van der Waals surface area contributed by atoms with Gasteiger partial charge in [0.15, 0.2) is 0 Å². The number of likely N-dealkylation sites (N-methyl/N-ethyl adjacent to an activating group) is 1. The van der Waals surface area contributed by atoms with E-state index in [1.807, 2.05) is 30.3 Å². The van der Waals surface area contributed by atoms with Crippen molar-refractivity contribution in [2.75, 3.05) is 26.7 Å². The topological polar surface area (TPSA) is 36.4 Å². The molecular weight excluding hydrogens is 250 g/mol. The van der Waals surface area contributed by atoms with Gasteiger partial charge in [-0.3, -0.25) is 9.78 Å². The van der Waals surface area contributed by atoms with Crippen LogP contribution >= 0.6 is 0 Å². The fraction of sp³-hybridized carbons (Fsp3) is 0.500. The minimum absolute atomic E-state index is 0.0249. The number of rotatable bonds is 5. The molecule has 0 radical (unpaired) electrons. The van der Waals surface area contributed by atoms with Crippen molar-refractivity contribution in [1.29, 1.82) is 0 Å². The lowest BCUT2D eigenvalue weighted by molar-refractivity contribution is -0.127. The van der Waals surface area contributed by atoms with Crippen LogP contribution in [0.4, 0.5) is 0 Å². The first kappa shape index (κ1) is 14.7. The second-order valence-electron chi connectivity index (χ2n) is 5.30. The molecular formula is C16H23N3O. The lowest BCUT2D eigenvalue weighted by atomic mass is 10.0. The molecule has 1 amide bonds. The van der Waals surface area contributed by atoms with Gasteiger partial charge in [-0.1, -0.05) is 12.6 Å². The Bertz CT molecular complexity index is 438. The summed E-state index contributed by atoms with van der Waals surface area (Å²) in [7, 11) is 1.87. The molecule has 20 heavy (non-hydrogen) atoms. The molecule has 1 fully saturated rings. The largest absolute Gasteiger partial charge is 0.339 e. The summed E-state index contributed by atoms with van der Waals surface area (Å²) in [4.78, 5) is 20.2. The van der Waals surface area contributed by atoms with Crippen LogP contribution in [-0.2, 0) is 11.2 Å². The Hall–Kier alpha value is -1.68. The molecule has 0 atom stereocenters. The van der Waals surface area contributed by atoms with Gasteiger partial charge in [0.25, 0.3) is 0 Å². The van der Waals surface area contributed by atoms with E-state index < -0.39 is 0 Å². The number of carbonyl (C=O) groups excluding carboxylic acids is 1. The molecule has 0 aliphatic carbocycles. The van der Waals surface area contributed by atoms with Crippen LogP contribution in [0.3, 0.4) is 0 Å². The number of hydrogen-bond donors (Lipinski definition) is 0. The summed E-state index contributed by atoms with van der Waals surface area (Å²) in [5.74, 6) is 0.0249. The Kier molecular flexibility index (Phi) is 5.30. The Balaban J connectivity index is 1.74. The normalized spacial score (nSPS) is 16.9. The molecule has 0 N–H and O–H groups in total. The molecule has 1 aliphatic rings. The molecule has 0 saturated carbocycles. The molecule has 4 heteroatoms. The molecule has 1 aromatic heterocycles. The fourth-order valence-corrected chi connectivity index (χ4v) is 2.67. The molecule has 0 bridgehead atoms. The first-order valence-electron chi connectivity index (χ1n) is 7.22. The molecule has 108 valence electrons. The van der Waals surface area contributed by atoms with Gasteiger partial charge in [-0.05, 0) is 31.1 Å². The van der Waals surface area contributed by atoms with Crippen molar-refractivity contribution in [2.24, 2.45) is 0 Å². The highest BCUT2D eigenvalue weighted by atomic mass is 16.2. The van der Waals surface area contributed by atoms with Crippen molar-refractivity contribution >= 4 is 5.91 Å². The second kappa shape index (κ2) is 7.20. The molecule has 0 spiro atoms. The van der Waals surface area contributed by atoms with Crippen LogP contribution in [0.25, 0.3) is 0 Å². The van der Waals surface area contributed by atoms with Crippen LogP contribution in [0.15, 0.2) is 37.1 Å². The van der Waals surface area contributed by atoms with Gasteiger partial charge >= 0.3 is 0 Å². The van der Waals surface area contributed by atoms with Crippen LogP contribution in [0, 0.1) is 0 Å². The Morgan fingerprint density at radius 3 is 2.85 bits per heavy atom. The molecule has 0 unspecified atom stereocenters. The van der Waals surface area contributed by atoms with Gasteiger partial charge < -0.3 is 9.80 Å². The van der Waals surface area contributed by atoms with Gasteiger partial charge in [0.2, 0.25) is 5.91 Å². The first-order valence-corrected chi connectivity index (χ1v) is 7.22. The molecule has 4 nitrogen and oxygen atoms in total. The van der Waals surface area contributed by atoms with Crippen LogP contribution < -0.4 is 0 Å². The van der Waals surface area contributed by atoms with Crippen molar-refractivity contribution < 1.29 is 4.79 Å². The lowest BCUT2D eigenvalue weighted by Crippen LogP contribution is -2.45. The van der Waals surface area contributed by atoms with E-state index in [1.165, 1.54) is 6.08 Å². The third-order valence-corrected chi connectivity index (χ3v) is 4.04. The molecule has 1 aromatic rings. The zero-order chi connectivity index (χ0) is 14.4. The second-order valence-corrected chi connectivity index (χ2v) is 5.30. The average molecular weight is 273 g/mol. The Morgan fingerprint density at radius 1 is 1.50 bits per heavy atom. The predicted octanol–water partition coefficient (Wildman–Crippen LogP) is 1.73. The summed E-state index contributed by atoms with van der Waals surface area (Å²) in [6.45, 7) is 6.69. The monoisotopic (exact) mass is 273 g/mol. The maximum absolute atomic E-state index is 11.6. The molecule has 0 aromatic carbocycles. The van der Waals surface area contributed by atoms with E-state index in [4.69, 9.17) is 0 Å². The summed E-state index contributed by atoms with van der Waals surface area (Å²) >= 11 is 0. The van der Waals surface area contributed by atoms with Crippen LogP contribution in [0.1, 0.15) is 18.5 Å². The van der Waals surface area contributed by atoms with Gasteiger partial charge in [0, 0.05) is 51.0 Å². The van der Waals surface area contributed by atoms with Gasteiger partial charge in [-0.25, -0.2) is 0 Å². The molecule has 2 rings (SSSR count). The van der Waals surface area contributed by atoms with Crippen LogP contribution in [-0.4, -0.2) is 53.4 Å². The van der Waals surface area contributed by atoms with E-state index in [-0.39, 0.29) is 5.91 Å². The van der Waals surface area contributed by atoms with Crippen molar-refractivity contribution in [1.82, 2.24) is 14.8 Å². The van der Waals surface area contributed by atoms with Crippen LogP contribution in [0.5, 0.6) is 0 Å². The third kappa shape index (κ3) is 3.90. The molecule has 2 heterocycles. The highest BCUT2D eigenvalue weighted by Crippen LogP contribution is 2.16. The fourth-order valence-electron chi connectivity index (χ4n) is 2.67. The number of aromatic nitrogens is 1. The number of amides is 1. The molecule has 1 saturated heterocycles. The Labute approximate surface area is 121 Å². The lowest BCUT2D eigenvalue weighted by Gasteiger charge is -2.36. The minimum Gasteiger partial charge on any atom is -0.339 e. The van der Waals surface area contributed by atoms with Crippen molar-refractivity contribution in [2.45, 2.75) is 25.3 Å². The average Bonchev–Trinajstić information content (AvgIpc) is 2.53. The highest BCUT2D eigenvalue weighted by Gasteiger charge is 2.23. The summed E-state index contributed by atoms with van der Waals surface area (Å²) in [6, 6.07) is 6.40. The number of pyridine rings is 1. The summed E-state index contributed by atoms with van der Waals surface area (Å²) in [5, 5.41) is 0. The van der Waals surface area contributed by atoms with Crippen molar-refractivity contribution in [3.05, 3.63) is 42.7 Å². The van der Waals surface area contributed by atoms with Gasteiger partial charge in [-0.2, -0.15) is 0 Å². The SMILES string of the molecule is C=CC(=O)N(C)C1CCN(CCc2ccccn2)CC1. The van der Waals surface area contributed by atoms with E-state index >= 15 is 0 Å². The number of carbonyl (C=O) groups is 1. The third-order valence-electron chi connectivity index (χ3n) is 4.04. The first-order chi connectivity index (χ1) is 9.70. The van der Waals surface area contributed by atoms with E-state index in [1.54, 1.807) is 0 Å². The van der Waals surface area contributed by atoms with E-state index in [9.17, 15) is 4.79 Å². The van der Waals surface area contributed by atoms with Crippen LogP contribution in [0.2, 0.25) is 0 Å². The highest BCUT2D eigenvalue weighted by molar-refractivity contribution is 5.87. The maximum Gasteiger partial charge on any atom is 0.245 e. The number of likely N-dealkylation sites (tertiary alicyclic amines) is 1. The summed E-state index contributed by atoms with van der Waals surface area (Å²) < 4.78 is 0. The minimum atomic E-state index is 0.0249. The number of nitrogens with zero attached hydrogens (tertiary/aromatic N) is 3. The van der Waals surface area contributed by atoms with Crippen molar-refractivity contribution in [3.63, 3.8) is 0 Å². The quantitative estimate of drug-likeness (QED) is 0.767. The van der Waals surface area contributed by atoms with E-state index in [2.05, 4.69) is 22.5 Å². The van der Waals surface area contributed by atoms with E-state index in [0.29, 0.717) is 6.04 Å². The standard InChI is InChI=1S/C16H23N3O/c1-3-16(20)18(2)15-8-12-19(13-9-15)11-7-14-6-4-5-10-17-14/h3-6,10,15H,1,7-9,11-13H2,2H3. The van der Waals surface area contributed by atoms with Crippen molar-refractivity contribution in [3.8, 4) is 0 Å². The number of piperidine rings is 1. The zero-order valence-corrected chi connectivity index (χ0v) is 12.2. The van der Waals surface area contributed by atoms with Gasteiger partial charge in [-0.15, -0.1) is 0 Å². The number of hydrogen-bond acceptors (Lipinski definition) is 3. The predicted molar refractivity (Wildman–Crippen MR) is 80.4 cm³/mol. The van der Waals surface area contributed by atoms with Gasteiger partial charge in [0.05, 0.1) is 0 Å². The smallest absolute Gasteiger partial charge is 0.245 e.